The third kappa shape index (κ3) is 4.41. The number of aryl methyl sites for hydroxylation is 2. The SMILES string of the molecule is CCCc1ccc(-c2[nH]n(-c3nc4ccc(Cl)cc4[nH]3)c(=O)c2CCc2ccc(F)cc2)cc1. The van der Waals surface area contributed by atoms with Crippen LogP contribution in [-0.2, 0) is 19.3 Å². The zero-order valence-electron chi connectivity index (χ0n) is 18.7. The van der Waals surface area contributed by atoms with Gasteiger partial charge in [-0.25, -0.2) is 9.37 Å². The molecule has 0 aliphatic heterocycles. The molecule has 0 aliphatic carbocycles. The molecule has 172 valence electrons. The molecule has 0 spiro atoms. The van der Waals surface area contributed by atoms with E-state index < -0.39 is 0 Å². The standard InChI is InChI=1S/C27H24ClFN4O/c1-2-3-17-4-9-19(10-5-17)25-22(14-8-18-6-12-21(29)13-7-18)26(34)33(32-25)27-30-23-15-11-20(28)16-24(23)31-27/h4-7,9-13,15-16,32H,2-3,8,14H2,1H3,(H,30,31). The topological polar surface area (TPSA) is 66.5 Å². The Morgan fingerprint density at radius 1 is 0.941 bits per heavy atom. The normalized spacial score (nSPS) is 11.4. The van der Waals surface area contributed by atoms with Crippen LogP contribution in [0.25, 0.3) is 28.2 Å². The molecule has 0 saturated heterocycles. The molecular formula is C27H24ClFN4O. The van der Waals surface area contributed by atoms with Gasteiger partial charge in [-0.15, -0.1) is 0 Å². The monoisotopic (exact) mass is 474 g/mol. The van der Waals surface area contributed by atoms with Gasteiger partial charge in [0.25, 0.3) is 5.56 Å². The van der Waals surface area contributed by atoms with Gasteiger partial charge in [0.05, 0.1) is 16.7 Å². The van der Waals surface area contributed by atoms with Crippen LogP contribution in [0.1, 0.15) is 30.0 Å². The summed E-state index contributed by atoms with van der Waals surface area (Å²) in [6.07, 6.45) is 3.21. The number of imidazole rings is 1. The predicted octanol–water partition coefficient (Wildman–Crippen LogP) is 6.24. The van der Waals surface area contributed by atoms with Crippen LogP contribution in [-0.4, -0.2) is 19.7 Å². The van der Waals surface area contributed by atoms with Gasteiger partial charge in [0.15, 0.2) is 0 Å². The van der Waals surface area contributed by atoms with E-state index in [0.717, 1.165) is 40.7 Å². The number of hydrogen-bond donors (Lipinski definition) is 2. The van der Waals surface area contributed by atoms with Gasteiger partial charge in [0, 0.05) is 10.6 Å². The predicted molar refractivity (Wildman–Crippen MR) is 134 cm³/mol. The maximum atomic E-state index is 13.5. The van der Waals surface area contributed by atoms with Gasteiger partial charge in [-0.3, -0.25) is 9.89 Å². The first-order valence-corrected chi connectivity index (χ1v) is 11.7. The van der Waals surface area contributed by atoms with Gasteiger partial charge in [-0.1, -0.05) is 61.3 Å². The molecule has 2 aromatic heterocycles. The molecule has 2 N–H and O–H groups in total. The van der Waals surface area contributed by atoms with E-state index in [1.807, 2.05) is 18.2 Å². The zero-order valence-corrected chi connectivity index (χ0v) is 19.5. The van der Waals surface area contributed by atoms with Crippen LogP contribution in [0.3, 0.4) is 0 Å². The van der Waals surface area contributed by atoms with E-state index >= 15 is 0 Å². The highest BCUT2D eigenvalue weighted by Gasteiger charge is 2.19. The Bertz CT molecular complexity index is 1500. The molecule has 2 heterocycles. The quantitative estimate of drug-likeness (QED) is 0.293. The molecule has 7 heteroatoms. The molecule has 0 aliphatic rings. The lowest BCUT2D eigenvalue weighted by Crippen LogP contribution is -2.18. The summed E-state index contributed by atoms with van der Waals surface area (Å²) in [5.74, 6) is 0.129. The minimum Gasteiger partial charge on any atom is -0.322 e. The Labute approximate surface area is 201 Å². The number of H-pyrrole nitrogens is 2. The molecular weight excluding hydrogens is 451 g/mol. The van der Waals surface area contributed by atoms with Crippen molar-refractivity contribution in [1.82, 2.24) is 19.7 Å². The number of aromatic amines is 2. The number of nitrogens with one attached hydrogen (secondary N) is 2. The van der Waals surface area contributed by atoms with Crippen molar-refractivity contribution in [3.8, 4) is 17.2 Å². The molecule has 3 aromatic carbocycles. The fraction of sp³-hybridized carbons (Fsp3) is 0.185. The van der Waals surface area contributed by atoms with E-state index in [1.165, 1.54) is 22.4 Å². The van der Waals surface area contributed by atoms with Crippen LogP contribution in [0.5, 0.6) is 0 Å². The van der Waals surface area contributed by atoms with Crippen molar-refractivity contribution in [2.24, 2.45) is 0 Å². The summed E-state index contributed by atoms with van der Waals surface area (Å²) in [6, 6.07) is 20.0. The summed E-state index contributed by atoms with van der Waals surface area (Å²) in [4.78, 5) is 21.3. The molecule has 0 amide bonds. The van der Waals surface area contributed by atoms with E-state index in [9.17, 15) is 9.18 Å². The van der Waals surface area contributed by atoms with Crippen molar-refractivity contribution < 1.29 is 4.39 Å². The minimum absolute atomic E-state index is 0.167. The molecule has 0 radical (unpaired) electrons. The van der Waals surface area contributed by atoms with Crippen molar-refractivity contribution in [2.45, 2.75) is 32.6 Å². The molecule has 5 aromatic rings. The highest BCUT2D eigenvalue weighted by Crippen LogP contribution is 2.24. The second-order valence-electron chi connectivity index (χ2n) is 8.40. The number of benzene rings is 3. The molecule has 0 fully saturated rings. The first-order chi connectivity index (χ1) is 16.5. The maximum absolute atomic E-state index is 13.5. The lowest BCUT2D eigenvalue weighted by Gasteiger charge is -2.05. The van der Waals surface area contributed by atoms with Crippen LogP contribution in [0.2, 0.25) is 5.02 Å². The lowest BCUT2D eigenvalue weighted by molar-refractivity contribution is 0.627. The van der Waals surface area contributed by atoms with E-state index in [2.05, 4.69) is 34.1 Å². The fourth-order valence-corrected chi connectivity index (χ4v) is 4.39. The van der Waals surface area contributed by atoms with E-state index in [1.54, 1.807) is 24.3 Å². The third-order valence-corrected chi connectivity index (χ3v) is 6.22. The second kappa shape index (κ2) is 9.31. The maximum Gasteiger partial charge on any atom is 0.277 e. The Kier molecular flexibility index (Phi) is 6.07. The van der Waals surface area contributed by atoms with Gasteiger partial charge in [-0.2, -0.15) is 4.68 Å². The highest BCUT2D eigenvalue weighted by atomic mass is 35.5. The van der Waals surface area contributed by atoms with Gasteiger partial charge in [0.2, 0.25) is 5.95 Å². The number of rotatable bonds is 7. The number of halogens is 2. The van der Waals surface area contributed by atoms with E-state index in [0.29, 0.717) is 29.4 Å². The van der Waals surface area contributed by atoms with Crippen molar-refractivity contribution in [3.05, 3.63) is 105 Å². The summed E-state index contributed by atoms with van der Waals surface area (Å²) in [7, 11) is 0. The van der Waals surface area contributed by atoms with E-state index in [-0.39, 0.29) is 11.4 Å². The Morgan fingerprint density at radius 3 is 2.38 bits per heavy atom. The third-order valence-electron chi connectivity index (χ3n) is 5.99. The Hall–Kier alpha value is -3.64. The Balaban J connectivity index is 1.57. The highest BCUT2D eigenvalue weighted by molar-refractivity contribution is 6.31. The van der Waals surface area contributed by atoms with Crippen LogP contribution in [0.15, 0.2) is 71.5 Å². The first-order valence-electron chi connectivity index (χ1n) is 11.3. The van der Waals surface area contributed by atoms with Crippen LogP contribution < -0.4 is 5.56 Å². The van der Waals surface area contributed by atoms with Crippen molar-refractivity contribution in [2.75, 3.05) is 0 Å². The van der Waals surface area contributed by atoms with Gasteiger partial charge in [-0.05, 0) is 66.3 Å². The first kappa shape index (κ1) is 22.2. The number of hydrogen-bond acceptors (Lipinski definition) is 2. The summed E-state index contributed by atoms with van der Waals surface area (Å²) in [5.41, 5.74) is 5.89. The summed E-state index contributed by atoms with van der Waals surface area (Å²) >= 11 is 6.11. The average Bonchev–Trinajstić information content (AvgIpc) is 3.40. The molecule has 34 heavy (non-hydrogen) atoms. The lowest BCUT2D eigenvalue weighted by atomic mass is 10.00. The van der Waals surface area contributed by atoms with Crippen molar-refractivity contribution in [3.63, 3.8) is 0 Å². The van der Waals surface area contributed by atoms with Gasteiger partial charge in [0.1, 0.15) is 5.82 Å². The number of fused-ring (bicyclic) bond motifs is 1. The summed E-state index contributed by atoms with van der Waals surface area (Å²) in [6.45, 7) is 2.15. The Morgan fingerprint density at radius 2 is 1.65 bits per heavy atom. The van der Waals surface area contributed by atoms with E-state index in [4.69, 9.17) is 11.6 Å². The van der Waals surface area contributed by atoms with Gasteiger partial charge >= 0.3 is 0 Å². The van der Waals surface area contributed by atoms with Crippen LogP contribution >= 0.6 is 11.6 Å². The summed E-state index contributed by atoms with van der Waals surface area (Å²) < 4.78 is 14.8. The minimum atomic E-state index is -0.273. The van der Waals surface area contributed by atoms with Crippen molar-refractivity contribution >= 4 is 22.6 Å². The largest absolute Gasteiger partial charge is 0.322 e. The van der Waals surface area contributed by atoms with Gasteiger partial charge < -0.3 is 4.98 Å². The molecule has 5 rings (SSSR count). The second-order valence-corrected chi connectivity index (χ2v) is 8.84. The smallest absolute Gasteiger partial charge is 0.277 e. The fourth-order valence-electron chi connectivity index (χ4n) is 4.21. The zero-order chi connectivity index (χ0) is 23.7. The number of nitrogens with zero attached hydrogens (tertiary/aromatic N) is 2. The average molecular weight is 475 g/mol. The van der Waals surface area contributed by atoms with Crippen LogP contribution in [0.4, 0.5) is 4.39 Å². The summed E-state index contributed by atoms with van der Waals surface area (Å²) in [5, 5.41) is 3.86. The van der Waals surface area contributed by atoms with Crippen molar-refractivity contribution in [1.29, 1.82) is 0 Å². The van der Waals surface area contributed by atoms with Crippen LogP contribution in [0, 0.1) is 5.82 Å². The molecule has 0 atom stereocenters. The molecule has 0 bridgehead atoms. The molecule has 0 unspecified atom stereocenters. The number of aromatic nitrogens is 4. The molecule has 0 saturated carbocycles. The molecule has 5 nitrogen and oxygen atoms in total.